The van der Waals surface area contributed by atoms with E-state index in [9.17, 15) is 18.0 Å². The molecule has 0 saturated heterocycles. The summed E-state index contributed by atoms with van der Waals surface area (Å²) in [6.45, 7) is 1.53. The van der Waals surface area contributed by atoms with Gasteiger partial charge in [-0.25, -0.2) is 4.63 Å². The number of methoxy groups -OCH3 is 1. The lowest BCUT2D eigenvalue weighted by Gasteiger charge is -2.19. The fraction of sp³-hybridized carbons (Fsp3) is 0.308. The molecule has 1 unspecified atom stereocenters. The van der Waals surface area contributed by atoms with E-state index in [2.05, 4.69) is 20.3 Å². The molecule has 0 fully saturated rings. The van der Waals surface area contributed by atoms with Crippen molar-refractivity contribution in [3.05, 3.63) is 41.1 Å². The number of hydrogen-bond acceptors (Lipinski definition) is 5. The third kappa shape index (κ3) is 3.25. The van der Waals surface area contributed by atoms with Crippen LogP contribution in [0, 0.1) is 6.92 Å². The largest absolute Gasteiger partial charge is 0.416 e. The van der Waals surface area contributed by atoms with Crippen LogP contribution in [0.25, 0.3) is 0 Å². The van der Waals surface area contributed by atoms with Gasteiger partial charge in [-0.05, 0) is 18.1 Å². The van der Waals surface area contributed by atoms with Crippen LogP contribution in [0.4, 0.5) is 19.0 Å². The first kappa shape index (κ1) is 16.0. The molecule has 0 aliphatic carbocycles. The molecular weight excluding hydrogens is 303 g/mol. The number of alkyl halides is 3. The second-order valence-corrected chi connectivity index (χ2v) is 4.39. The van der Waals surface area contributed by atoms with Crippen LogP contribution in [0.3, 0.4) is 0 Å². The Labute approximate surface area is 123 Å². The average Bonchev–Trinajstić information content (AvgIpc) is 2.84. The highest BCUT2D eigenvalue weighted by Gasteiger charge is 2.37. The van der Waals surface area contributed by atoms with Gasteiger partial charge >= 0.3 is 6.18 Å². The molecule has 2 rings (SSSR count). The zero-order chi connectivity index (χ0) is 16.3. The van der Waals surface area contributed by atoms with E-state index < -0.39 is 23.8 Å². The maximum Gasteiger partial charge on any atom is 0.416 e. The molecule has 0 radical (unpaired) electrons. The highest BCUT2D eigenvalue weighted by molar-refractivity contribution is 5.94. The maximum atomic E-state index is 13.0. The number of carbonyl (C=O) groups excluding carboxylic acids is 1. The molecule has 1 heterocycles. The first-order valence-electron chi connectivity index (χ1n) is 6.13. The van der Waals surface area contributed by atoms with Crippen molar-refractivity contribution in [3.63, 3.8) is 0 Å². The molecule has 6 nitrogen and oxygen atoms in total. The SMILES string of the molecule is COC(C(=O)Nc1nonc1C)c1ccccc1C(F)(F)F. The molecule has 22 heavy (non-hydrogen) atoms. The van der Waals surface area contributed by atoms with Gasteiger partial charge in [-0.1, -0.05) is 23.4 Å². The number of ether oxygens (including phenoxy) is 1. The lowest BCUT2D eigenvalue weighted by atomic mass is 10.0. The Hall–Kier alpha value is -2.42. The van der Waals surface area contributed by atoms with Crippen molar-refractivity contribution in [1.82, 2.24) is 10.3 Å². The molecule has 0 aliphatic heterocycles. The highest BCUT2D eigenvalue weighted by atomic mass is 19.4. The van der Waals surface area contributed by atoms with Crippen molar-refractivity contribution in [2.75, 3.05) is 12.4 Å². The predicted molar refractivity (Wildman–Crippen MR) is 68.9 cm³/mol. The summed E-state index contributed by atoms with van der Waals surface area (Å²) in [6, 6.07) is 4.71. The normalized spacial score (nSPS) is 13.0. The Kier molecular flexibility index (Phi) is 4.45. The molecule has 1 aromatic carbocycles. The predicted octanol–water partition coefficient (Wildman–Crippen LogP) is 2.72. The summed E-state index contributed by atoms with van der Waals surface area (Å²) in [5, 5.41) is 9.22. The minimum atomic E-state index is -4.60. The molecule has 118 valence electrons. The van der Waals surface area contributed by atoms with E-state index in [1.54, 1.807) is 0 Å². The molecule has 1 aromatic heterocycles. The lowest BCUT2D eigenvalue weighted by Crippen LogP contribution is -2.25. The third-order valence-electron chi connectivity index (χ3n) is 2.92. The number of halogens is 3. The highest BCUT2D eigenvalue weighted by Crippen LogP contribution is 2.35. The van der Waals surface area contributed by atoms with E-state index in [1.807, 2.05) is 0 Å². The number of rotatable bonds is 4. The number of aromatic nitrogens is 2. The van der Waals surface area contributed by atoms with Crippen molar-refractivity contribution in [3.8, 4) is 0 Å². The number of amides is 1. The molecule has 2 aromatic rings. The van der Waals surface area contributed by atoms with Gasteiger partial charge < -0.3 is 10.1 Å². The van der Waals surface area contributed by atoms with E-state index in [0.717, 1.165) is 13.2 Å². The number of nitrogens with zero attached hydrogens (tertiary/aromatic N) is 2. The van der Waals surface area contributed by atoms with Crippen LogP contribution in [-0.4, -0.2) is 23.3 Å². The topological polar surface area (TPSA) is 77.2 Å². The molecule has 0 saturated carbocycles. The van der Waals surface area contributed by atoms with Gasteiger partial charge in [0.15, 0.2) is 11.9 Å². The molecule has 0 bridgehead atoms. The zero-order valence-corrected chi connectivity index (χ0v) is 11.6. The Balaban J connectivity index is 2.33. The second-order valence-electron chi connectivity index (χ2n) is 4.39. The van der Waals surface area contributed by atoms with Crippen LogP contribution in [0.5, 0.6) is 0 Å². The molecule has 1 atom stereocenters. The summed E-state index contributed by atoms with van der Waals surface area (Å²) in [5.41, 5.74) is -0.927. The van der Waals surface area contributed by atoms with Gasteiger partial charge in [0.25, 0.3) is 5.91 Å². The monoisotopic (exact) mass is 315 g/mol. The van der Waals surface area contributed by atoms with Gasteiger partial charge in [-0.3, -0.25) is 4.79 Å². The Bertz CT molecular complexity index is 670. The molecule has 0 spiro atoms. The standard InChI is InChI=1S/C13H12F3N3O3/c1-7-11(19-22-18-7)17-12(20)10(21-2)8-5-3-4-6-9(8)13(14,15)16/h3-6,10H,1-2H3,(H,17,19,20). The van der Waals surface area contributed by atoms with E-state index in [4.69, 9.17) is 4.74 Å². The van der Waals surface area contributed by atoms with Crippen molar-refractivity contribution >= 4 is 11.7 Å². The molecule has 1 amide bonds. The number of hydrogen-bond donors (Lipinski definition) is 1. The summed E-state index contributed by atoms with van der Waals surface area (Å²) in [6.07, 6.45) is -6.05. The minimum Gasteiger partial charge on any atom is -0.367 e. The molecular formula is C13H12F3N3O3. The van der Waals surface area contributed by atoms with E-state index >= 15 is 0 Å². The first-order valence-corrected chi connectivity index (χ1v) is 6.13. The summed E-state index contributed by atoms with van der Waals surface area (Å²) in [5.74, 6) is -0.783. The number of aryl methyl sites for hydroxylation is 1. The lowest BCUT2D eigenvalue weighted by molar-refractivity contribution is -0.140. The van der Waals surface area contributed by atoms with Gasteiger partial charge in [0.2, 0.25) is 0 Å². The smallest absolute Gasteiger partial charge is 0.367 e. The summed E-state index contributed by atoms with van der Waals surface area (Å²) in [4.78, 5) is 12.2. The quantitative estimate of drug-likeness (QED) is 0.938. The van der Waals surface area contributed by atoms with Gasteiger partial charge in [0.1, 0.15) is 5.69 Å². The first-order chi connectivity index (χ1) is 10.3. The Morgan fingerprint density at radius 3 is 2.55 bits per heavy atom. The van der Waals surface area contributed by atoms with Crippen LogP contribution >= 0.6 is 0 Å². The average molecular weight is 315 g/mol. The third-order valence-corrected chi connectivity index (χ3v) is 2.92. The number of benzene rings is 1. The van der Waals surface area contributed by atoms with Crippen molar-refractivity contribution in [2.45, 2.75) is 19.2 Å². The van der Waals surface area contributed by atoms with Crippen LogP contribution in [0.2, 0.25) is 0 Å². The zero-order valence-electron chi connectivity index (χ0n) is 11.6. The van der Waals surface area contributed by atoms with Crippen molar-refractivity contribution in [1.29, 1.82) is 0 Å². The summed E-state index contributed by atoms with van der Waals surface area (Å²) < 4.78 is 48.4. The van der Waals surface area contributed by atoms with Gasteiger partial charge in [0, 0.05) is 12.7 Å². The molecule has 9 heteroatoms. The van der Waals surface area contributed by atoms with E-state index in [-0.39, 0.29) is 11.4 Å². The van der Waals surface area contributed by atoms with Crippen molar-refractivity contribution < 1.29 is 27.3 Å². The van der Waals surface area contributed by atoms with Crippen molar-refractivity contribution in [2.24, 2.45) is 0 Å². The second kappa shape index (κ2) is 6.14. The Morgan fingerprint density at radius 2 is 2.00 bits per heavy atom. The van der Waals surface area contributed by atoms with Crippen LogP contribution < -0.4 is 5.32 Å². The van der Waals surface area contributed by atoms with Crippen LogP contribution in [0.1, 0.15) is 22.9 Å². The van der Waals surface area contributed by atoms with E-state index in [1.165, 1.54) is 25.1 Å². The molecule has 1 N–H and O–H groups in total. The van der Waals surface area contributed by atoms with Crippen LogP contribution in [0.15, 0.2) is 28.9 Å². The van der Waals surface area contributed by atoms with Gasteiger partial charge in [0.05, 0.1) is 5.56 Å². The van der Waals surface area contributed by atoms with Gasteiger partial charge in [-0.15, -0.1) is 0 Å². The summed E-state index contributed by atoms with van der Waals surface area (Å²) in [7, 11) is 1.14. The summed E-state index contributed by atoms with van der Waals surface area (Å²) >= 11 is 0. The van der Waals surface area contributed by atoms with Gasteiger partial charge in [-0.2, -0.15) is 13.2 Å². The fourth-order valence-corrected chi connectivity index (χ4v) is 1.89. The fourth-order valence-electron chi connectivity index (χ4n) is 1.89. The van der Waals surface area contributed by atoms with Crippen LogP contribution in [-0.2, 0) is 15.7 Å². The van der Waals surface area contributed by atoms with E-state index in [0.29, 0.717) is 5.69 Å². The maximum absolute atomic E-state index is 13.0. The minimum absolute atomic E-state index is 0.0246. The number of anilines is 1. The number of carbonyl (C=O) groups is 1. The number of nitrogens with one attached hydrogen (secondary N) is 1. The Morgan fingerprint density at radius 1 is 1.32 bits per heavy atom. The molecule has 0 aliphatic rings.